The number of hydrogen-bond acceptors (Lipinski definition) is 4. The second kappa shape index (κ2) is 10.2. The van der Waals surface area contributed by atoms with Crippen molar-refractivity contribution in [2.24, 2.45) is 0 Å². The molecule has 0 unspecified atom stereocenters. The summed E-state index contributed by atoms with van der Waals surface area (Å²) in [4.78, 5) is 19.8. The van der Waals surface area contributed by atoms with Crippen molar-refractivity contribution in [2.45, 2.75) is 19.3 Å². The fourth-order valence-electron chi connectivity index (χ4n) is 5.91. The maximum absolute atomic E-state index is 5.04. The zero-order chi connectivity index (χ0) is 27.9. The van der Waals surface area contributed by atoms with Crippen LogP contribution in [0.3, 0.4) is 0 Å². The minimum Gasteiger partial charge on any atom is -0.255 e. The molecule has 0 atom stereocenters. The number of allylic oxidation sites excluding steroid dienone is 5. The summed E-state index contributed by atoms with van der Waals surface area (Å²) >= 11 is 0. The molecule has 2 aliphatic carbocycles. The van der Waals surface area contributed by atoms with Gasteiger partial charge in [0.15, 0.2) is 17.5 Å². The maximum Gasteiger partial charge on any atom is 0.164 e. The van der Waals surface area contributed by atoms with Crippen LogP contribution in [-0.2, 0) is 0 Å². The standard InChI is InChI=1S/C38H26N4/c1-3-9-30-23-32(20-14-25(30)7-1)37-40-36(41-38(42-37)33-21-15-26-8-2-4-10-31(26)24-33)29-18-16-27(17-19-29)34-13-5-11-28-12-6-22-39-35(28)34/h1-10,12,14-16,18,20-24H,13,17,19H2. The molecular formula is C38H26N4. The highest BCUT2D eigenvalue weighted by Crippen LogP contribution is 2.33. The van der Waals surface area contributed by atoms with E-state index in [2.05, 4.69) is 120 Å². The van der Waals surface area contributed by atoms with Crippen molar-refractivity contribution in [1.29, 1.82) is 0 Å². The summed E-state index contributed by atoms with van der Waals surface area (Å²) < 4.78 is 0. The predicted molar refractivity (Wildman–Crippen MR) is 170 cm³/mol. The van der Waals surface area contributed by atoms with Crippen molar-refractivity contribution in [3.8, 4) is 22.8 Å². The summed E-state index contributed by atoms with van der Waals surface area (Å²) in [6, 6.07) is 33.6. The number of aromatic nitrogens is 4. The van der Waals surface area contributed by atoms with E-state index in [9.17, 15) is 0 Å². The van der Waals surface area contributed by atoms with Gasteiger partial charge in [-0.2, -0.15) is 0 Å². The van der Waals surface area contributed by atoms with Gasteiger partial charge in [-0.3, -0.25) is 4.98 Å². The topological polar surface area (TPSA) is 51.6 Å². The number of fused-ring (bicyclic) bond motifs is 3. The Morgan fingerprint density at radius 2 is 1.14 bits per heavy atom. The lowest BCUT2D eigenvalue weighted by atomic mass is 9.89. The monoisotopic (exact) mass is 538 g/mol. The normalized spacial score (nSPS) is 14.3. The molecule has 2 aliphatic rings. The number of hydrogen-bond donors (Lipinski definition) is 0. The first kappa shape index (κ1) is 24.4. The fraction of sp³-hybridized carbons (Fsp3) is 0.0789. The fourth-order valence-corrected chi connectivity index (χ4v) is 5.91. The molecule has 4 nitrogen and oxygen atoms in total. The molecule has 0 saturated carbocycles. The van der Waals surface area contributed by atoms with Crippen molar-refractivity contribution in [3.63, 3.8) is 0 Å². The molecule has 0 bridgehead atoms. The molecule has 0 radical (unpaired) electrons. The Bertz CT molecular complexity index is 2170. The lowest BCUT2D eigenvalue weighted by Crippen LogP contribution is -2.31. The SMILES string of the molecule is C1=CCC(C2=CC=C(c3nc(-c4ccc5ccccc5c4)nc(-c4ccc5ccccc5c4)n3)CC2)=c2ncccc2=1. The smallest absolute Gasteiger partial charge is 0.164 e. The highest BCUT2D eigenvalue weighted by molar-refractivity contribution is 5.88. The number of benzene rings is 4. The molecule has 0 N–H and O–H groups in total. The Labute approximate surface area is 243 Å². The summed E-state index contributed by atoms with van der Waals surface area (Å²) in [6.07, 6.45) is 11.0. The van der Waals surface area contributed by atoms with Gasteiger partial charge in [0.05, 0.1) is 5.35 Å². The largest absolute Gasteiger partial charge is 0.255 e. The summed E-state index contributed by atoms with van der Waals surface area (Å²) in [5.41, 5.74) is 9.03. The molecule has 0 amide bonds. The van der Waals surface area contributed by atoms with Crippen LogP contribution in [0.5, 0.6) is 0 Å². The van der Waals surface area contributed by atoms with E-state index in [0.29, 0.717) is 11.6 Å². The number of pyridine rings is 1. The molecule has 2 heterocycles. The molecule has 198 valence electrons. The van der Waals surface area contributed by atoms with Gasteiger partial charge in [-0.15, -0.1) is 5.73 Å². The molecule has 0 fully saturated rings. The Balaban J connectivity index is 1.26. The van der Waals surface area contributed by atoms with Crippen LogP contribution in [0, 0.1) is 0 Å². The van der Waals surface area contributed by atoms with Crippen molar-refractivity contribution in [3.05, 3.63) is 143 Å². The van der Waals surface area contributed by atoms with E-state index in [1.807, 2.05) is 12.3 Å². The average molecular weight is 539 g/mol. The van der Waals surface area contributed by atoms with E-state index in [0.717, 1.165) is 52.4 Å². The van der Waals surface area contributed by atoms with Crippen molar-refractivity contribution >= 4 is 38.4 Å². The van der Waals surface area contributed by atoms with E-state index in [1.165, 1.54) is 32.7 Å². The predicted octanol–water partition coefficient (Wildman–Crippen LogP) is 7.20. The van der Waals surface area contributed by atoms with Crippen LogP contribution in [0.1, 0.15) is 25.1 Å². The van der Waals surface area contributed by atoms with Crippen LogP contribution < -0.4 is 10.6 Å². The van der Waals surface area contributed by atoms with E-state index in [-0.39, 0.29) is 0 Å². The van der Waals surface area contributed by atoms with Crippen molar-refractivity contribution in [2.75, 3.05) is 0 Å². The summed E-state index contributed by atoms with van der Waals surface area (Å²) in [7, 11) is 0. The van der Waals surface area contributed by atoms with Gasteiger partial charge < -0.3 is 0 Å². The Morgan fingerprint density at radius 1 is 0.548 bits per heavy atom. The molecule has 8 rings (SSSR count). The van der Waals surface area contributed by atoms with Gasteiger partial charge in [0.2, 0.25) is 0 Å². The van der Waals surface area contributed by atoms with Crippen LogP contribution in [-0.4, -0.2) is 19.9 Å². The minimum atomic E-state index is 0.685. The zero-order valence-electron chi connectivity index (χ0n) is 23.0. The highest BCUT2D eigenvalue weighted by atomic mass is 15.0. The van der Waals surface area contributed by atoms with Crippen molar-refractivity contribution in [1.82, 2.24) is 19.9 Å². The van der Waals surface area contributed by atoms with Gasteiger partial charge in [-0.25, -0.2) is 15.0 Å². The van der Waals surface area contributed by atoms with E-state index < -0.39 is 0 Å². The average Bonchev–Trinajstić information content (AvgIpc) is 3.07. The van der Waals surface area contributed by atoms with E-state index in [1.54, 1.807) is 0 Å². The third-order valence-corrected chi connectivity index (χ3v) is 8.13. The molecule has 42 heavy (non-hydrogen) atoms. The minimum absolute atomic E-state index is 0.685. The maximum atomic E-state index is 5.04. The van der Waals surface area contributed by atoms with E-state index >= 15 is 0 Å². The van der Waals surface area contributed by atoms with Crippen LogP contribution >= 0.6 is 0 Å². The lowest BCUT2D eigenvalue weighted by Gasteiger charge is -2.17. The Kier molecular flexibility index (Phi) is 5.91. The van der Waals surface area contributed by atoms with Crippen molar-refractivity contribution < 1.29 is 0 Å². The Morgan fingerprint density at radius 3 is 1.79 bits per heavy atom. The molecule has 2 aromatic heterocycles. The first-order valence-electron chi connectivity index (χ1n) is 14.3. The molecule has 0 aliphatic heterocycles. The zero-order valence-corrected chi connectivity index (χ0v) is 23.0. The second-order valence-electron chi connectivity index (χ2n) is 10.7. The van der Waals surface area contributed by atoms with Gasteiger partial charge in [-0.05, 0) is 81.4 Å². The first-order chi connectivity index (χ1) is 20.8. The molecule has 4 heteroatoms. The molecule has 0 saturated heterocycles. The van der Waals surface area contributed by atoms with Gasteiger partial charge in [0.25, 0.3) is 0 Å². The van der Waals surface area contributed by atoms with Gasteiger partial charge in [0, 0.05) is 29.0 Å². The Hall–Kier alpha value is -5.44. The summed E-state index contributed by atoms with van der Waals surface area (Å²) in [6.45, 7) is 0. The van der Waals surface area contributed by atoms with Gasteiger partial charge >= 0.3 is 0 Å². The van der Waals surface area contributed by atoms with Gasteiger partial charge in [0.1, 0.15) is 0 Å². The van der Waals surface area contributed by atoms with E-state index in [4.69, 9.17) is 15.0 Å². The molecule has 4 aromatic carbocycles. The van der Waals surface area contributed by atoms with Crippen LogP contribution in [0.4, 0.5) is 0 Å². The van der Waals surface area contributed by atoms with Crippen LogP contribution in [0.2, 0.25) is 0 Å². The summed E-state index contributed by atoms with van der Waals surface area (Å²) in [5, 5.41) is 6.83. The number of nitrogens with zero attached hydrogens (tertiary/aromatic N) is 4. The van der Waals surface area contributed by atoms with Crippen LogP contribution in [0.25, 0.3) is 61.2 Å². The first-order valence-corrected chi connectivity index (χ1v) is 14.3. The van der Waals surface area contributed by atoms with Crippen LogP contribution in [0.15, 0.2) is 127 Å². The second-order valence-corrected chi connectivity index (χ2v) is 10.7. The third-order valence-electron chi connectivity index (χ3n) is 8.13. The number of rotatable bonds is 4. The third kappa shape index (κ3) is 4.45. The summed E-state index contributed by atoms with van der Waals surface area (Å²) in [5.74, 6) is 2.10. The highest BCUT2D eigenvalue weighted by Gasteiger charge is 2.18. The molecular weight excluding hydrogens is 512 g/mol. The quantitative estimate of drug-likeness (QED) is 0.238. The molecule has 6 aromatic rings. The molecule has 0 spiro atoms. The lowest BCUT2D eigenvalue weighted by molar-refractivity contribution is 0.952. The van der Waals surface area contributed by atoms with Gasteiger partial charge in [-0.1, -0.05) is 84.9 Å².